The number of rotatable bonds is 2. The monoisotopic (exact) mass is 312 g/mol. The van der Waals surface area contributed by atoms with Crippen LogP contribution in [0.2, 0.25) is 0 Å². The molecule has 1 saturated heterocycles. The van der Waals surface area contributed by atoms with E-state index in [1.54, 1.807) is 4.52 Å². The van der Waals surface area contributed by atoms with Gasteiger partial charge in [-0.15, -0.1) is 5.10 Å². The number of nitrogens with two attached hydrogens (primary N) is 1. The first kappa shape index (κ1) is 13.8. The van der Waals surface area contributed by atoms with Crippen molar-refractivity contribution in [2.24, 2.45) is 0 Å². The quantitative estimate of drug-likeness (QED) is 0.781. The molecule has 0 unspecified atom stereocenters. The van der Waals surface area contributed by atoms with Crippen LogP contribution in [0.1, 0.15) is 0 Å². The third-order valence-electron chi connectivity index (χ3n) is 4.15. The van der Waals surface area contributed by atoms with E-state index in [1.165, 1.54) is 12.1 Å². The summed E-state index contributed by atoms with van der Waals surface area (Å²) in [4.78, 5) is 8.72. The topological polar surface area (TPSA) is 62.7 Å². The summed E-state index contributed by atoms with van der Waals surface area (Å²) in [6.45, 7) is 3.45. The normalized spacial score (nSPS) is 15.3. The number of nitrogen functional groups attached to an aromatic ring is 1. The molecule has 2 N–H and O–H groups in total. The van der Waals surface area contributed by atoms with Crippen LogP contribution in [0.3, 0.4) is 0 Å². The molecule has 0 saturated carbocycles. The minimum Gasteiger partial charge on any atom is -0.368 e. The van der Waals surface area contributed by atoms with Crippen molar-refractivity contribution in [2.45, 2.75) is 0 Å². The second-order valence-corrected chi connectivity index (χ2v) is 5.57. The van der Waals surface area contributed by atoms with E-state index in [0.29, 0.717) is 0 Å². The summed E-state index contributed by atoms with van der Waals surface area (Å²) in [6.07, 6.45) is 0. The lowest BCUT2D eigenvalue weighted by molar-refractivity contribution is 0.623. The standard InChI is InChI=1S/C16H17FN6/c17-12-4-6-13(7-5-12)21-8-10-22(11-9-21)15-3-1-2-14-19-16(18)20-23(14)15/h1-7H,8-11H2,(H2,18,20). The molecule has 4 rings (SSSR count). The van der Waals surface area contributed by atoms with Gasteiger partial charge >= 0.3 is 0 Å². The summed E-state index contributed by atoms with van der Waals surface area (Å²) >= 11 is 0. The SMILES string of the molecule is Nc1nc2cccc(N3CCN(c4ccc(F)cc4)CC3)n2n1. The van der Waals surface area contributed by atoms with Gasteiger partial charge in [0.2, 0.25) is 5.95 Å². The Bertz CT molecular complexity index is 820. The third-order valence-corrected chi connectivity index (χ3v) is 4.15. The molecule has 0 atom stereocenters. The van der Waals surface area contributed by atoms with Crippen LogP contribution < -0.4 is 15.5 Å². The Morgan fingerprint density at radius 2 is 1.61 bits per heavy atom. The number of hydrogen-bond donors (Lipinski definition) is 1. The zero-order valence-electron chi connectivity index (χ0n) is 12.6. The Kier molecular flexibility index (Phi) is 3.25. The zero-order valence-corrected chi connectivity index (χ0v) is 12.6. The smallest absolute Gasteiger partial charge is 0.240 e. The fraction of sp³-hybridized carbons (Fsp3) is 0.250. The molecule has 1 aliphatic heterocycles. The Labute approximate surface area is 132 Å². The van der Waals surface area contributed by atoms with Crippen molar-refractivity contribution in [3.05, 3.63) is 48.3 Å². The molecular weight excluding hydrogens is 295 g/mol. The highest BCUT2D eigenvalue weighted by Gasteiger charge is 2.20. The molecule has 7 heteroatoms. The number of aromatic nitrogens is 3. The largest absolute Gasteiger partial charge is 0.368 e. The van der Waals surface area contributed by atoms with Crippen LogP contribution in [0.5, 0.6) is 0 Å². The first-order valence-corrected chi connectivity index (χ1v) is 7.57. The fourth-order valence-corrected chi connectivity index (χ4v) is 2.99. The number of fused-ring (bicyclic) bond motifs is 1. The number of piperazine rings is 1. The second-order valence-electron chi connectivity index (χ2n) is 5.57. The minimum absolute atomic E-state index is 0.206. The first-order chi connectivity index (χ1) is 11.2. The maximum absolute atomic E-state index is 13.0. The van der Waals surface area contributed by atoms with Gasteiger partial charge in [0.1, 0.15) is 11.6 Å². The number of halogens is 1. The molecule has 1 fully saturated rings. The number of hydrogen-bond acceptors (Lipinski definition) is 5. The van der Waals surface area contributed by atoms with Gasteiger partial charge in [-0.2, -0.15) is 9.50 Å². The van der Waals surface area contributed by atoms with Crippen molar-refractivity contribution in [3.8, 4) is 0 Å². The van der Waals surface area contributed by atoms with Gasteiger partial charge < -0.3 is 15.5 Å². The van der Waals surface area contributed by atoms with E-state index in [-0.39, 0.29) is 11.8 Å². The summed E-state index contributed by atoms with van der Waals surface area (Å²) in [5.41, 5.74) is 7.50. The van der Waals surface area contributed by atoms with E-state index in [2.05, 4.69) is 19.9 Å². The molecular formula is C16H17FN6. The first-order valence-electron chi connectivity index (χ1n) is 7.57. The maximum atomic E-state index is 13.0. The van der Waals surface area contributed by atoms with Crippen molar-refractivity contribution >= 4 is 23.1 Å². The average Bonchev–Trinajstić information content (AvgIpc) is 2.96. The molecule has 118 valence electrons. The number of pyridine rings is 1. The summed E-state index contributed by atoms with van der Waals surface area (Å²) in [5, 5.41) is 4.26. The molecule has 1 aromatic carbocycles. The van der Waals surface area contributed by atoms with Crippen molar-refractivity contribution in [3.63, 3.8) is 0 Å². The highest BCUT2D eigenvalue weighted by molar-refractivity contribution is 5.54. The molecule has 6 nitrogen and oxygen atoms in total. The summed E-state index contributed by atoms with van der Waals surface area (Å²) in [7, 11) is 0. The van der Waals surface area contributed by atoms with Gasteiger partial charge in [0.15, 0.2) is 5.65 Å². The molecule has 0 bridgehead atoms. The van der Waals surface area contributed by atoms with Crippen molar-refractivity contribution < 1.29 is 4.39 Å². The Hall–Kier alpha value is -2.83. The van der Waals surface area contributed by atoms with E-state index >= 15 is 0 Å². The zero-order chi connectivity index (χ0) is 15.8. The fourth-order valence-electron chi connectivity index (χ4n) is 2.99. The average molecular weight is 312 g/mol. The van der Waals surface area contributed by atoms with Crippen LogP contribution in [0, 0.1) is 5.82 Å². The van der Waals surface area contributed by atoms with Gasteiger partial charge in [-0.3, -0.25) is 0 Å². The van der Waals surface area contributed by atoms with E-state index in [1.807, 2.05) is 30.3 Å². The lowest BCUT2D eigenvalue weighted by atomic mass is 10.2. The van der Waals surface area contributed by atoms with Crippen LogP contribution in [0.15, 0.2) is 42.5 Å². The van der Waals surface area contributed by atoms with Crippen LogP contribution in [-0.2, 0) is 0 Å². The lowest BCUT2D eigenvalue weighted by Gasteiger charge is -2.37. The van der Waals surface area contributed by atoms with Gasteiger partial charge in [0.05, 0.1) is 0 Å². The van der Waals surface area contributed by atoms with Crippen LogP contribution in [0.4, 0.5) is 21.8 Å². The molecule has 3 aromatic rings. The van der Waals surface area contributed by atoms with Gasteiger partial charge in [-0.25, -0.2) is 4.39 Å². The molecule has 1 aliphatic rings. The Morgan fingerprint density at radius 3 is 2.35 bits per heavy atom. The Morgan fingerprint density at radius 1 is 0.913 bits per heavy atom. The highest BCUT2D eigenvalue weighted by atomic mass is 19.1. The van der Waals surface area contributed by atoms with Crippen LogP contribution in [0.25, 0.3) is 5.65 Å². The van der Waals surface area contributed by atoms with Gasteiger partial charge in [-0.05, 0) is 36.4 Å². The summed E-state index contributed by atoms with van der Waals surface area (Å²) in [5.74, 6) is 1.07. The molecule has 23 heavy (non-hydrogen) atoms. The number of anilines is 3. The molecule has 0 amide bonds. The van der Waals surface area contributed by atoms with Crippen molar-refractivity contribution in [1.29, 1.82) is 0 Å². The third kappa shape index (κ3) is 2.54. The lowest BCUT2D eigenvalue weighted by Crippen LogP contribution is -2.47. The predicted octanol–water partition coefficient (Wildman–Crippen LogP) is 1.78. The molecule has 3 heterocycles. The van der Waals surface area contributed by atoms with E-state index in [9.17, 15) is 4.39 Å². The highest BCUT2D eigenvalue weighted by Crippen LogP contribution is 2.21. The predicted molar refractivity (Wildman–Crippen MR) is 88.2 cm³/mol. The number of nitrogens with zero attached hydrogens (tertiary/aromatic N) is 5. The van der Waals surface area contributed by atoms with Crippen LogP contribution >= 0.6 is 0 Å². The van der Waals surface area contributed by atoms with Crippen molar-refractivity contribution in [2.75, 3.05) is 41.7 Å². The molecule has 0 aliphatic carbocycles. The molecule has 0 radical (unpaired) electrons. The van der Waals surface area contributed by atoms with Gasteiger partial charge in [0, 0.05) is 31.9 Å². The number of benzene rings is 1. The summed E-state index contributed by atoms with van der Waals surface area (Å²) in [6, 6.07) is 12.5. The second kappa shape index (κ2) is 5.42. The Balaban J connectivity index is 1.53. The molecule has 2 aromatic heterocycles. The van der Waals surface area contributed by atoms with Gasteiger partial charge in [0.25, 0.3) is 0 Å². The summed E-state index contributed by atoms with van der Waals surface area (Å²) < 4.78 is 14.8. The minimum atomic E-state index is -0.206. The van der Waals surface area contributed by atoms with E-state index in [0.717, 1.165) is 43.3 Å². The van der Waals surface area contributed by atoms with Gasteiger partial charge in [-0.1, -0.05) is 6.07 Å². The van der Waals surface area contributed by atoms with E-state index in [4.69, 9.17) is 5.73 Å². The van der Waals surface area contributed by atoms with E-state index < -0.39 is 0 Å². The van der Waals surface area contributed by atoms with Crippen molar-refractivity contribution in [1.82, 2.24) is 14.6 Å². The van der Waals surface area contributed by atoms with Crippen LogP contribution in [-0.4, -0.2) is 40.8 Å². The molecule has 0 spiro atoms. The maximum Gasteiger partial charge on any atom is 0.240 e.